The van der Waals surface area contributed by atoms with Crippen molar-refractivity contribution in [3.05, 3.63) is 34.3 Å². The van der Waals surface area contributed by atoms with E-state index in [9.17, 15) is 5.26 Å². The number of nitrogens with zero attached hydrogens (tertiary/aromatic N) is 2. The molecule has 0 N–H and O–H groups in total. The molecule has 1 aromatic carbocycles. The molecule has 0 aliphatic carbocycles. The van der Waals surface area contributed by atoms with Crippen molar-refractivity contribution in [1.29, 1.82) is 5.26 Å². The van der Waals surface area contributed by atoms with E-state index in [4.69, 9.17) is 4.74 Å². The van der Waals surface area contributed by atoms with Crippen LogP contribution in [0.3, 0.4) is 0 Å². The fourth-order valence-electron chi connectivity index (χ4n) is 2.01. The van der Waals surface area contributed by atoms with Gasteiger partial charge in [0, 0.05) is 10.4 Å². The highest BCUT2D eigenvalue weighted by Gasteiger charge is 2.11. The number of hydrogen-bond acceptors (Lipinski definition) is 4. The van der Waals surface area contributed by atoms with E-state index in [2.05, 4.69) is 31.8 Å². The summed E-state index contributed by atoms with van der Waals surface area (Å²) in [5.74, 6) is 1.09. The predicted octanol–water partition coefficient (Wildman–Crippen LogP) is 4.59. The lowest BCUT2D eigenvalue weighted by Crippen LogP contribution is -2.05. The number of rotatable bonds is 5. The van der Waals surface area contributed by atoms with Crippen LogP contribution in [0.2, 0.25) is 0 Å². The van der Waals surface area contributed by atoms with E-state index in [1.54, 1.807) is 11.3 Å². The Morgan fingerprint density at radius 3 is 2.71 bits per heavy atom. The van der Waals surface area contributed by atoms with Crippen LogP contribution in [0.15, 0.2) is 18.2 Å². The summed E-state index contributed by atoms with van der Waals surface area (Å²) in [7, 11) is 0. The molecule has 0 amide bonds. The van der Waals surface area contributed by atoms with Gasteiger partial charge in [0.1, 0.15) is 16.8 Å². The van der Waals surface area contributed by atoms with Crippen molar-refractivity contribution in [3.63, 3.8) is 0 Å². The van der Waals surface area contributed by atoms with Crippen LogP contribution in [0.5, 0.6) is 5.75 Å². The number of ether oxygens (including phenoxy) is 1. The monoisotopic (exact) mass is 300 g/mol. The fourth-order valence-corrected chi connectivity index (χ4v) is 3.01. The van der Waals surface area contributed by atoms with E-state index in [0.717, 1.165) is 22.7 Å². The molecule has 0 saturated carbocycles. The third kappa shape index (κ3) is 3.62. The minimum Gasteiger partial charge on any atom is -0.492 e. The Hall–Kier alpha value is -1.86. The van der Waals surface area contributed by atoms with Gasteiger partial charge in [-0.25, -0.2) is 4.98 Å². The zero-order chi connectivity index (χ0) is 15.4. The number of thiazole rings is 1. The van der Waals surface area contributed by atoms with Crippen molar-refractivity contribution in [2.24, 2.45) is 5.92 Å². The Labute approximate surface area is 130 Å². The van der Waals surface area contributed by atoms with Gasteiger partial charge in [-0.1, -0.05) is 20.8 Å². The molecule has 21 heavy (non-hydrogen) atoms. The van der Waals surface area contributed by atoms with Crippen molar-refractivity contribution in [3.8, 4) is 22.4 Å². The summed E-state index contributed by atoms with van der Waals surface area (Å²) in [6, 6.07) is 7.94. The minimum absolute atomic E-state index is 0.435. The van der Waals surface area contributed by atoms with E-state index in [1.165, 1.54) is 4.88 Å². The molecule has 0 aliphatic heterocycles. The number of benzene rings is 1. The van der Waals surface area contributed by atoms with Crippen molar-refractivity contribution in [2.45, 2.75) is 34.1 Å². The zero-order valence-electron chi connectivity index (χ0n) is 12.9. The Bertz CT molecular complexity index is 668. The fraction of sp³-hybridized carbons (Fsp3) is 0.412. The highest BCUT2D eigenvalue weighted by molar-refractivity contribution is 7.15. The molecule has 0 atom stereocenters. The van der Waals surface area contributed by atoms with Crippen LogP contribution in [0.1, 0.15) is 36.9 Å². The molecule has 0 aliphatic rings. The van der Waals surface area contributed by atoms with Gasteiger partial charge in [0.2, 0.25) is 0 Å². The first-order valence-corrected chi connectivity index (χ1v) is 8.00. The summed E-state index contributed by atoms with van der Waals surface area (Å²) in [5.41, 5.74) is 2.63. The van der Waals surface area contributed by atoms with Crippen LogP contribution < -0.4 is 4.74 Å². The third-order valence-electron chi connectivity index (χ3n) is 3.13. The number of hydrogen-bond donors (Lipinski definition) is 0. The molecule has 4 heteroatoms. The Morgan fingerprint density at radius 1 is 1.38 bits per heavy atom. The predicted molar refractivity (Wildman–Crippen MR) is 86.7 cm³/mol. The van der Waals surface area contributed by atoms with Crippen LogP contribution >= 0.6 is 11.3 Å². The highest BCUT2D eigenvalue weighted by Crippen LogP contribution is 2.31. The number of aromatic nitrogens is 1. The topological polar surface area (TPSA) is 45.9 Å². The summed E-state index contributed by atoms with van der Waals surface area (Å²) < 4.78 is 5.69. The second-order valence-electron chi connectivity index (χ2n) is 5.41. The maximum absolute atomic E-state index is 9.31. The van der Waals surface area contributed by atoms with Crippen molar-refractivity contribution in [1.82, 2.24) is 4.98 Å². The minimum atomic E-state index is 0.435. The van der Waals surface area contributed by atoms with E-state index >= 15 is 0 Å². The third-order valence-corrected chi connectivity index (χ3v) is 4.48. The number of nitriles is 1. The largest absolute Gasteiger partial charge is 0.492 e. The zero-order valence-corrected chi connectivity index (χ0v) is 13.8. The first kappa shape index (κ1) is 15.5. The molecule has 1 aromatic heterocycles. The smallest absolute Gasteiger partial charge is 0.137 e. The van der Waals surface area contributed by atoms with Gasteiger partial charge in [0.05, 0.1) is 17.9 Å². The van der Waals surface area contributed by atoms with Crippen molar-refractivity contribution < 1.29 is 4.74 Å². The van der Waals surface area contributed by atoms with Gasteiger partial charge >= 0.3 is 0 Å². The Morgan fingerprint density at radius 2 is 2.14 bits per heavy atom. The Kier molecular flexibility index (Phi) is 4.98. The molecule has 0 radical (unpaired) electrons. The van der Waals surface area contributed by atoms with E-state index < -0.39 is 0 Å². The summed E-state index contributed by atoms with van der Waals surface area (Å²) in [5, 5.41) is 10.3. The summed E-state index contributed by atoms with van der Waals surface area (Å²) in [6.07, 6.45) is 0.990. The maximum atomic E-state index is 9.31. The second kappa shape index (κ2) is 6.73. The first-order chi connectivity index (χ1) is 10.0. The van der Waals surface area contributed by atoms with E-state index in [-0.39, 0.29) is 0 Å². The second-order valence-corrected chi connectivity index (χ2v) is 6.49. The molecule has 0 spiro atoms. The normalized spacial score (nSPS) is 10.7. The standard InChI is InChI=1S/C17H20N2OS/c1-5-16-12(4)19-17(21-16)13-6-7-15(14(8-13)9-18)20-10-11(2)3/h6-8,11H,5,10H2,1-4H3. The maximum Gasteiger partial charge on any atom is 0.137 e. The molecule has 110 valence electrons. The lowest BCUT2D eigenvalue weighted by Gasteiger charge is -2.10. The molecule has 2 aromatic rings. The van der Waals surface area contributed by atoms with Gasteiger partial charge in [0.25, 0.3) is 0 Å². The van der Waals surface area contributed by atoms with Gasteiger partial charge in [-0.15, -0.1) is 11.3 Å². The van der Waals surface area contributed by atoms with E-state index in [1.807, 2.05) is 25.1 Å². The van der Waals surface area contributed by atoms with Crippen LogP contribution in [0.4, 0.5) is 0 Å². The Balaban J connectivity index is 2.32. The molecular weight excluding hydrogens is 280 g/mol. The highest BCUT2D eigenvalue weighted by atomic mass is 32.1. The molecule has 2 rings (SSSR count). The molecular formula is C17H20N2OS. The first-order valence-electron chi connectivity index (χ1n) is 7.18. The van der Waals surface area contributed by atoms with Gasteiger partial charge in [-0.2, -0.15) is 5.26 Å². The van der Waals surface area contributed by atoms with Gasteiger partial charge in [-0.3, -0.25) is 0 Å². The van der Waals surface area contributed by atoms with Crippen LogP contribution in [0, 0.1) is 24.2 Å². The van der Waals surface area contributed by atoms with Gasteiger partial charge in [-0.05, 0) is 37.5 Å². The molecule has 0 unspecified atom stereocenters. The summed E-state index contributed by atoms with van der Waals surface area (Å²) in [6.45, 7) is 8.96. The van der Waals surface area contributed by atoms with Crippen molar-refractivity contribution in [2.75, 3.05) is 6.61 Å². The van der Waals surface area contributed by atoms with Gasteiger partial charge in [0.15, 0.2) is 0 Å². The SMILES string of the molecule is CCc1sc(-c2ccc(OCC(C)C)c(C#N)c2)nc1C. The molecule has 0 fully saturated rings. The molecule has 3 nitrogen and oxygen atoms in total. The van der Waals surface area contributed by atoms with Crippen LogP contribution in [-0.2, 0) is 6.42 Å². The van der Waals surface area contributed by atoms with Gasteiger partial charge < -0.3 is 4.74 Å². The summed E-state index contributed by atoms with van der Waals surface area (Å²) >= 11 is 1.69. The van der Waals surface area contributed by atoms with Crippen LogP contribution in [-0.4, -0.2) is 11.6 Å². The summed E-state index contributed by atoms with van der Waals surface area (Å²) in [4.78, 5) is 5.89. The molecule has 1 heterocycles. The van der Waals surface area contributed by atoms with E-state index in [0.29, 0.717) is 23.8 Å². The number of aryl methyl sites for hydroxylation is 2. The molecule has 0 saturated heterocycles. The quantitative estimate of drug-likeness (QED) is 0.811. The average Bonchev–Trinajstić information content (AvgIpc) is 2.86. The lowest BCUT2D eigenvalue weighted by atomic mass is 10.1. The average molecular weight is 300 g/mol. The molecule has 0 bridgehead atoms. The lowest BCUT2D eigenvalue weighted by molar-refractivity contribution is 0.270. The van der Waals surface area contributed by atoms with Crippen LogP contribution in [0.25, 0.3) is 10.6 Å². The van der Waals surface area contributed by atoms with Crippen molar-refractivity contribution >= 4 is 11.3 Å².